The number of aliphatic carboxylic acids is 1. The fourth-order valence-electron chi connectivity index (χ4n) is 4.89. The molecule has 0 spiro atoms. The molecule has 0 aliphatic heterocycles. The van der Waals surface area contributed by atoms with E-state index in [1.54, 1.807) is 0 Å². The number of amides is 2. The first kappa shape index (κ1) is 23.8. The number of carboxylic acids is 1. The fourth-order valence-corrected chi connectivity index (χ4v) is 4.89. The SMILES string of the molecule is O=C(COCCNC(=O)OCC1c2ccccc2-c2ccccc21)N[C@H]1CCCC[C@H]1C(=O)O. The molecule has 1 saturated carbocycles. The molecule has 0 heterocycles. The van der Waals surface area contributed by atoms with Gasteiger partial charge in [0.2, 0.25) is 5.91 Å². The quantitative estimate of drug-likeness (QED) is 0.489. The van der Waals surface area contributed by atoms with Crippen LogP contribution in [0.15, 0.2) is 48.5 Å². The van der Waals surface area contributed by atoms with Crippen LogP contribution in [0.2, 0.25) is 0 Å². The Morgan fingerprint density at radius 3 is 2.26 bits per heavy atom. The summed E-state index contributed by atoms with van der Waals surface area (Å²) in [5, 5.41) is 14.7. The van der Waals surface area contributed by atoms with Gasteiger partial charge >= 0.3 is 12.1 Å². The Kier molecular flexibility index (Phi) is 7.80. The molecule has 2 aliphatic rings. The Hall–Kier alpha value is -3.39. The first-order valence-electron chi connectivity index (χ1n) is 11.7. The lowest BCUT2D eigenvalue weighted by molar-refractivity contribution is -0.144. The summed E-state index contributed by atoms with van der Waals surface area (Å²) in [6, 6.07) is 15.9. The lowest BCUT2D eigenvalue weighted by Crippen LogP contribution is -2.46. The van der Waals surface area contributed by atoms with Crippen molar-refractivity contribution >= 4 is 18.0 Å². The highest BCUT2D eigenvalue weighted by Crippen LogP contribution is 2.44. The number of ether oxygens (including phenoxy) is 2. The van der Waals surface area contributed by atoms with E-state index in [1.807, 2.05) is 24.3 Å². The maximum absolute atomic E-state index is 12.2. The van der Waals surface area contributed by atoms with Crippen LogP contribution in [0, 0.1) is 5.92 Å². The van der Waals surface area contributed by atoms with Crippen molar-refractivity contribution in [1.29, 1.82) is 0 Å². The summed E-state index contributed by atoms with van der Waals surface area (Å²) >= 11 is 0. The van der Waals surface area contributed by atoms with E-state index in [4.69, 9.17) is 9.47 Å². The van der Waals surface area contributed by atoms with E-state index < -0.39 is 18.0 Å². The summed E-state index contributed by atoms with van der Waals surface area (Å²) in [4.78, 5) is 35.6. The minimum absolute atomic E-state index is 0.00693. The molecule has 1 fully saturated rings. The zero-order valence-electron chi connectivity index (χ0n) is 19.0. The number of hydrogen-bond acceptors (Lipinski definition) is 5. The average molecular weight is 467 g/mol. The second-order valence-electron chi connectivity index (χ2n) is 8.71. The summed E-state index contributed by atoms with van der Waals surface area (Å²) in [6.45, 7) is 0.389. The van der Waals surface area contributed by atoms with E-state index in [0.717, 1.165) is 24.0 Å². The molecule has 0 bridgehead atoms. The number of carboxylic acid groups (broad SMARTS) is 1. The van der Waals surface area contributed by atoms with E-state index in [9.17, 15) is 19.5 Å². The van der Waals surface area contributed by atoms with E-state index >= 15 is 0 Å². The lowest BCUT2D eigenvalue weighted by atomic mass is 9.84. The Morgan fingerprint density at radius 2 is 1.59 bits per heavy atom. The molecule has 0 radical (unpaired) electrons. The van der Waals surface area contributed by atoms with Gasteiger partial charge in [0.05, 0.1) is 12.5 Å². The number of carbonyl (C=O) groups excluding carboxylic acids is 2. The Balaban J connectivity index is 1.15. The van der Waals surface area contributed by atoms with Gasteiger partial charge in [0.1, 0.15) is 13.2 Å². The molecule has 3 N–H and O–H groups in total. The highest BCUT2D eigenvalue weighted by Gasteiger charge is 2.32. The molecule has 2 aliphatic carbocycles. The van der Waals surface area contributed by atoms with Crippen LogP contribution in [0.1, 0.15) is 42.7 Å². The van der Waals surface area contributed by atoms with E-state index in [-0.39, 0.29) is 44.2 Å². The maximum Gasteiger partial charge on any atom is 0.407 e. The largest absolute Gasteiger partial charge is 0.481 e. The van der Waals surface area contributed by atoms with Crippen molar-refractivity contribution in [2.24, 2.45) is 5.92 Å². The lowest BCUT2D eigenvalue weighted by Gasteiger charge is -2.29. The second-order valence-corrected chi connectivity index (χ2v) is 8.71. The third kappa shape index (κ3) is 5.56. The monoisotopic (exact) mass is 466 g/mol. The molecule has 2 atom stereocenters. The molecule has 2 aromatic rings. The van der Waals surface area contributed by atoms with Gasteiger partial charge in [-0.25, -0.2) is 4.79 Å². The van der Waals surface area contributed by atoms with Crippen LogP contribution in [-0.4, -0.2) is 55.5 Å². The molecule has 34 heavy (non-hydrogen) atoms. The molecule has 2 amide bonds. The van der Waals surface area contributed by atoms with Crippen molar-refractivity contribution in [3.63, 3.8) is 0 Å². The van der Waals surface area contributed by atoms with E-state index in [2.05, 4.69) is 34.9 Å². The van der Waals surface area contributed by atoms with Crippen molar-refractivity contribution in [2.75, 3.05) is 26.4 Å². The summed E-state index contributed by atoms with van der Waals surface area (Å²) in [5.74, 6) is -1.78. The molecule has 4 rings (SSSR count). The Labute approximate surface area is 198 Å². The highest BCUT2D eigenvalue weighted by atomic mass is 16.5. The van der Waals surface area contributed by atoms with Gasteiger partial charge in [0.15, 0.2) is 0 Å². The number of hydrogen-bond donors (Lipinski definition) is 3. The van der Waals surface area contributed by atoms with Gasteiger partial charge in [-0.1, -0.05) is 61.4 Å². The van der Waals surface area contributed by atoms with Crippen LogP contribution in [0.5, 0.6) is 0 Å². The van der Waals surface area contributed by atoms with Crippen LogP contribution >= 0.6 is 0 Å². The molecular weight excluding hydrogens is 436 g/mol. The number of benzene rings is 2. The predicted octanol–water partition coefficient (Wildman–Crippen LogP) is 3.30. The van der Waals surface area contributed by atoms with Gasteiger partial charge < -0.3 is 25.2 Å². The van der Waals surface area contributed by atoms with Gasteiger partial charge in [-0.15, -0.1) is 0 Å². The molecule has 0 saturated heterocycles. The van der Waals surface area contributed by atoms with Crippen molar-refractivity contribution < 1.29 is 29.0 Å². The number of alkyl carbamates (subject to hydrolysis) is 1. The minimum Gasteiger partial charge on any atom is -0.481 e. The molecule has 8 nitrogen and oxygen atoms in total. The molecule has 2 aromatic carbocycles. The topological polar surface area (TPSA) is 114 Å². The van der Waals surface area contributed by atoms with Gasteiger partial charge in [-0.2, -0.15) is 0 Å². The number of carbonyl (C=O) groups is 3. The van der Waals surface area contributed by atoms with Crippen LogP contribution in [0.3, 0.4) is 0 Å². The van der Waals surface area contributed by atoms with Crippen molar-refractivity contribution in [2.45, 2.75) is 37.6 Å². The number of nitrogens with one attached hydrogen (secondary N) is 2. The first-order chi connectivity index (χ1) is 16.5. The fraction of sp³-hybridized carbons (Fsp3) is 0.423. The van der Waals surface area contributed by atoms with E-state index in [1.165, 1.54) is 11.1 Å². The predicted molar refractivity (Wildman–Crippen MR) is 125 cm³/mol. The first-order valence-corrected chi connectivity index (χ1v) is 11.7. The maximum atomic E-state index is 12.2. The van der Waals surface area contributed by atoms with Gasteiger partial charge in [-0.05, 0) is 35.1 Å². The summed E-state index contributed by atoms with van der Waals surface area (Å²) < 4.78 is 10.8. The standard InChI is InChI=1S/C26H30N2O6/c29-24(28-23-12-6-5-11-21(23)25(30)31)16-33-14-13-27-26(32)34-15-22-19-9-3-1-7-17(19)18-8-2-4-10-20(18)22/h1-4,7-10,21-23H,5-6,11-16H2,(H,27,32)(H,28,29)(H,30,31)/t21-,23+/m1/s1. The van der Waals surface area contributed by atoms with Crippen LogP contribution in [-0.2, 0) is 19.1 Å². The smallest absolute Gasteiger partial charge is 0.407 e. The number of fused-ring (bicyclic) bond motifs is 3. The van der Waals surface area contributed by atoms with Crippen molar-refractivity contribution in [1.82, 2.24) is 10.6 Å². The van der Waals surface area contributed by atoms with Crippen molar-refractivity contribution in [3.05, 3.63) is 59.7 Å². The van der Waals surface area contributed by atoms with Gasteiger partial charge in [-0.3, -0.25) is 9.59 Å². The summed E-state index contributed by atoms with van der Waals surface area (Å²) in [7, 11) is 0. The zero-order chi connectivity index (χ0) is 23.9. The average Bonchev–Trinajstić information content (AvgIpc) is 3.16. The van der Waals surface area contributed by atoms with E-state index in [0.29, 0.717) is 12.8 Å². The van der Waals surface area contributed by atoms with Crippen LogP contribution in [0.25, 0.3) is 11.1 Å². The Morgan fingerprint density at radius 1 is 0.941 bits per heavy atom. The van der Waals surface area contributed by atoms with Crippen molar-refractivity contribution in [3.8, 4) is 11.1 Å². The normalized spacial score (nSPS) is 19.1. The third-order valence-corrected chi connectivity index (χ3v) is 6.52. The summed E-state index contributed by atoms with van der Waals surface area (Å²) in [6.07, 6.45) is 2.46. The highest BCUT2D eigenvalue weighted by molar-refractivity contribution is 5.80. The zero-order valence-corrected chi connectivity index (χ0v) is 19.0. The van der Waals surface area contributed by atoms with Gasteiger partial charge in [0.25, 0.3) is 0 Å². The van der Waals surface area contributed by atoms with Crippen LogP contribution < -0.4 is 10.6 Å². The third-order valence-electron chi connectivity index (χ3n) is 6.52. The van der Waals surface area contributed by atoms with Crippen LogP contribution in [0.4, 0.5) is 4.79 Å². The molecule has 0 aromatic heterocycles. The minimum atomic E-state index is -0.877. The molecule has 180 valence electrons. The summed E-state index contributed by atoms with van der Waals surface area (Å²) in [5.41, 5.74) is 4.63. The second kappa shape index (κ2) is 11.2. The molecular formula is C26H30N2O6. The molecule has 8 heteroatoms. The van der Waals surface area contributed by atoms with Gasteiger partial charge in [0, 0.05) is 18.5 Å². The number of rotatable bonds is 9. The Bertz CT molecular complexity index is 994. The molecule has 0 unspecified atom stereocenters.